The van der Waals surface area contributed by atoms with Crippen molar-refractivity contribution in [2.24, 2.45) is 5.10 Å². The van der Waals surface area contributed by atoms with Gasteiger partial charge < -0.3 is 0 Å². The smallest absolute Gasteiger partial charge is 0.159 e. The molecule has 3 aromatic rings. The van der Waals surface area contributed by atoms with Crippen molar-refractivity contribution in [1.29, 1.82) is 0 Å². The van der Waals surface area contributed by atoms with Gasteiger partial charge in [-0.15, -0.1) is 0 Å². The van der Waals surface area contributed by atoms with Gasteiger partial charge in [-0.3, -0.25) is 5.43 Å². The number of hydrazone groups is 1. The molecule has 7 heteroatoms. The maximum absolute atomic E-state index is 5.93. The fourth-order valence-corrected chi connectivity index (χ4v) is 2.34. The van der Waals surface area contributed by atoms with Crippen LogP contribution in [0.15, 0.2) is 47.8 Å². The van der Waals surface area contributed by atoms with Crippen LogP contribution in [0.4, 0.5) is 5.82 Å². The Morgan fingerprint density at radius 1 is 1.17 bits per heavy atom. The van der Waals surface area contributed by atoms with E-state index in [-0.39, 0.29) is 0 Å². The highest BCUT2D eigenvalue weighted by molar-refractivity contribution is 6.30. The molecule has 0 aliphatic heterocycles. The summed E-state index contributed by atoms with van der Waals surface area (Å²) in [7, 11) is 0. The van der Waals surface area contributed by atoms with Gasteiger partial charge in [-0.05, 0) is 37.6 Å². The van der Waals surface area contributed by atoms with Crippen molar-refractivity contribution in [2.75, 3.05) is 5.43 Å². The third kappa shape index (κ3) is 3.73. The second-order valence-electron chi connectivity index (χ2n) is 5.03. The molecule has 0 aliphatic rings. The lowest BCUT2D eigenvalue weighted by atomic mass is 10.2. The quantitative estimate of drug-likeness (QED) is 0.589. The van der Waals surface area contributed by atoms with Crippen molar-refractivity contribution in [2.45, 2.75) is 13.8 Å². The summed E-state index contributed by atoms with van der Waals surface area (Å²) in [5.74, 6) is 1.27. The average molecular weight is 327 g/mol. The first-order valence-electron chi connectivity index (χ1n) is 7.02. The molecule has 0 radical (unpaired) electrons. The molecular weight excluding hydrogens is 312 g/mol. The van der Waals surface area contributed by atoms with Crippen LogP contribution in [0.3, 0.4) is 0 Å². The fraction of sp³-hybridized carbons (Fsp3) is 0.125. The van der Waals surface area contributed by atoms with Crippen LogP contribution >= 0.6 is 11.6 Å². The molecule has 0 spiro atoms. The second-order valence-corrected chi connectivity index (χ2v) is 5.46. The molecule has 1 N–H and O–H groups in total. The van der Waals surface area contributed by atoms with Gasteiger partial charge in [-0.1, -0.05) is 23.7 Å². The van der Waals surface area contributed by atoms with Crippen LogP contribution in [-0.2, 0) is 0 Å². The molecule has 0 saturated heterocycles. The van der Waals surface area contributed by atoms with Crippen LogP contribution in [-0.4, -0.2) is 26.0 Å². The first kappa shape index (κ1) is 15.2. The van der Waals surface area contributed by atoms with Crippen molar-refractivity contribution in [3.05, 3.63) is 64.7 Å². The molecule has 1 aromatic carbocycles. The van der Waals surface area contributed by atoms with E-state index in [0.717, 1.165) is 17.0 Å². The number of halogens is 1. The molecule has 0 saturated carbocycles. The monoisotopic (exact) mass is 326 g/mol. The standard InChI is InChI=1S/C16H15ClN6/c1-11-6-12(2)23(22-11)16-8-15(18-10-19-16)21-20-9-13-4-3-5-14(17)7-13/h3-10H,1-2H3,(H,18,19,21). The van der Waals surface area contributed by atoms with Gasteiger partial charge in [0.1, 0.15) is 6.33 Å². The number of benzene rings is 1. The zero-order chi connectivity index (χ0) is 16.2. The van der Waals surface area contributed by atoms with Crippen LogP contribution in [0, 0.1) is 13.8 Å². The lowest BCUT2D eigenvalue weighted by Crippen LogP contribution is -2.04. The van der Waals surface area contributed by atoms with Crippen LogP contribution in [0.2, 0.25) is 5.02 Å². The van der Waals surface area contributed by atoms with Crippen molar-refractivity contribution >= 4 is 23.6 Å². The van der Waals surface area contributed by atoms with Gasteiger partial charge in [0.15, 0.2) is 11.6 Å². The van der Waals surface area contributed by atoms with E-state index in [1.807, 2.05) is 44.2 Å². The summed E-state index contributed by atoms with van der Waals surface area (Å²) >= 11 is 5.93. The van der Waals surface area contributed by atoms with E-state index < -0.39 is 0 Å². The third-order valence-electron chi connectivity index (χ3n) is 3.12. The van der Waals surface area contributed by atoms with Gasteiger partial charge in [0.05, 0.1) is 11.9 Å². The Kier molecular flexibility index (Phi) is 4.34. The minimum absolute atomic E-state index is 0.584. The van der Waals surface area contributed by atoms with Gasteiger partial charge in [0.2, 0.25) is 0 Å². The summed E-state index contributed by atoms with van der Waals surface area (Å²) in [6.45, 7) is 3.92. The number of hydrogen-bond donors (Lipinski definition) is 1. The van der Waals surface area contributed by atoms with Gasteiger partial charge in [0.25, 0.3) is 0 Å². The normalized spacial score (nSPS) is 11.1. The Hall–Kier alpha value is -2.73. The molecule has 2 aromatic heterocycles. The Balaban J connectivity index is 1.77. The largest absolute Gasteiger partial charge is 0.261 e. The number of aromatic nitrogens is 4. The molecule has 0 aliphatic carbocycles. The number of aryl methyl sites for hydroxylation is 2. The summed E-state index contributed by atoms with van der Waals surface area (Å²) in [4.78, 5) is 8.39. The number of nitrogens with one attached hydrogen (secondary N) is 1. The highest BCUT2D eigenvalue weighted by Crippen LogP contribution is 2.12. The molecule has 2 heterocycles. The minimum atomic E-state index is 0.584. The highest BCUT2D eigenvalue weighted by Gasteiger charge is 2.06. The van der Waals surface area contributed by atoms with Gasteiger partial charge in [0, 0.05) is 16.8 Å². The van der Waals surface area contributed by atoms with Crippen LogP contribution in [0.1, 0.15) is 17.0 Å². The predicted octanol–water partition coefficient (Wildman–Crippen LogP) is 3.38. The van der Waals surface area contributed by atoms with E-state index in [1.165, 1.54) is 6.33 Å². The Morgan fingerprint density at radius 3 is 2.78 bits per heavy atom. The van der Waals surface area contributed by atoms with Crippen LogP contribution < -0.4 is 5.43 Å². The van der Waals surface area contributed by atoms with Crippen molar-refractivity contribution < 1.29 is 0 Å². The zero-order valence-electron chi connectivity index (χ0n) is 12.7. The van der Waals surface area contributed by atoms with Crippen LogP contribution in [0.25, 0.3) is 5.82 Å². The van der Waals surface area contributed by atoms with Gasteiger partial charge >= 0.3 is 0 Å². The minimum Gasteiger partial charge on any atom is -0.261 e. The van der Waals surface area contributed by atoms with E-state index >= 15 is 0 Å². The Labute approximate surface area is 138 Å². The second kappa shape index (κ2) is 6.58. The zero-order valence-corrected chi connectivity index (χ0v) is 13.5. The van der Waals surface area contributed by atoms with Gasteiger partial charge in [-0.2, -0.15) is 10.2 Å². The topological polar surface area (TPSA) is 68.0 Å². The van der Waals surface area contributed by atoms with E-state index in [9.17, 15) is 0 Å². The predicted molar refractivity (Wildman–Crippen MR) is 91.3 cm³/mol. The molecule has 116 valence electrons. The summed E-state index contributed by atoms with van der Waals surface area (Å²) < 4.78 is 1.77. The molecule has 0 fully saturated rings. The van der Waals surface area contributed by atoms with Gasteiger partial charge in [-0.25, -0.2) is 14.6 Å². The number of rotatable bonds is 4. The lowest BCUT2D eigenvalue weighted by molar-refractivity contribution is 0.801. The van der Waals surface area contributed by atoms with Crippen molar-refractivity contribution in [3.8, 4) is 5.82 Å². The molecule has 0 bridgehead atoms. The first-order chi connectivity index (χ1) is 11.1. The maximum atomic E-state index is 5.93. The molecule has 3 rings (SSSR count). The van der Waals surface area contributed by atoms with Crippen molar-refractivity contribution in [3.63, 3.8) is 0 Å². The summed E-state index contributed by atoms with van der Waals surface area (Å²) in [6.07, 6.45) is 3.15. The molecule has 6 nitrogen and oxygen atoms in total. The van der Waals surface area contributed by atoms with Crippen LogP contribution in [0.5, 0.6) is 0 Å². The molecule has 0 atom stereocenters. The molecular formula is C16H15ClN6. The summed E-state index contributed by atoms with van der Waals surface area (Å²) in [5.41, 5.74) is 5.73. The fourth-order valence-electron chi connectivity index (χ4n) is 2.14. The van der Waals surface area contributed by atoms with E-state index in [2.05, 4.69) is 25.6 Å². The maximum Gasteiger partial charge on any atom is 0.159 e. The number of nitrogens with zero attached hydrogens (tertiary/aromatic N) is 5. The molecule has 0 unspecified atom stereocenters. The summed E-state index contributed by atoms with van der Waals surface area (Å²) in [5, 5.41) is 9.24. The van der Waals surface area contributed by atoms with Crippen molar-refractivity contribution in [1.82, 2.24) is 19.7 Å². The first-order valence-corrected chi connectivity index (χ1v) is 7.40. The molecule has 23 heavy (non-hydrogen) atoms. The number of hydrogen-bond acceptors (Lipinski definition) is 5. The average Bonchev–Trinajstić information content (AvgIpc) is 2.86. The Morgan fingerprint density at radius 2 is 2.04 bits per heavy atom. The highest BCUT2D eigenvalue weighted by atomic mass is 35.5. The van der Waals surface area contributed by atoms with E-state index in [0.29, 0.717) is 16.7 Å². The number of anilines is 1. The molecule has 0 amide bonds. The lowest BCUT2D eigenvalue weighted by Gasteiger charge is -2.05. The summed E-state index contributed by atoms with van der Waals surface area (Å²) in [6, 6.07) is 11.2. The van der Waals surface area contributed by atoms with E-state index in [4.69, 9.17) is 11.6 Å². The third-order valence-corrected chi connectivity index (χ3v) is 3.36. The van der Waals surface area contributed by atoms with E-state index in [1.54, 1.807) is 17.0 Å². The Bertz CT molecular complexity index is 855. The SMILES string of the molecule is Cc1cc(C)n(-c2cc(NN=Cc3cccc(Cl)c3)ncn2)n1.